The van der Waals surface area contributed by atoms with E-state index in [1.807, 2.05) is 30.5 Å². The second-order valence-corrected chi connectivity index (χ2v) is 10.2. The number of ether oxygens (including phenoxy) is 2. The Morgan fingerprint density at radius 3 is 2.67 bits per heavy atom. The third kappa shape index (κ3) is 6.23. The minimum atomic E-state index is -0.155. The fourth-order valence-corrected chi connectivity index (χ4v) is 4.76. The Kier molecular flexibility index (Phi) is 8.59. The van der Waals surface area contributed by atoms with E-state index in [4.69, 9.17) is 9.47 Å². The number of hydrogen-bond donors (Lipinski definition) is 1. The Morgan fingerprint density at radius 1 is 1.19 bits per heavy atom. The first-order valence-corrected chi connectivity index (χ1v) is 12.9. The number of rotatable bonds is 5. The SMILES string of the molecule is CO[C@H]1CN(C)C(=O)c2cc(NC(=O)C3CCC3)ccc2OC[C@H](C)N(Cc2ccccn2)C[C@H]1C. The van der Waals surface area contributed by atoms with Crippen molar-refractivity contribution < 1.29 is 19.1 Å². The van der Waals surface area contributed by atoms with Crippen molar-refractivity contribution in [1.82, 2.24) is 14.8 Å². The molecule has 1 aliphatic heterocycles. The zero-order valence-electron chi connectivity index (χ0n) is 21.8. The zero-order chi connectivity index (χ0) is 25.7. The van der Waals surface area contributed by atoms with Crippen LogP contribution in [0.25, 0.3) is 0 Å². The van der Waals surface area contributed by atoms with Crippen molar-refractivity contribution in [3.8, 4) is 5.75 Å². The highest BCUT2D eigenvalue weighted by Gasteiger charge is 2.29. The molecular formula is C28H38N4O4. The van der Waals surface area contributed by atoms with E-state index in [2.05, 4.69) is 29.0 Å². The summed E-state index contributed by atoms with van der Waals surface area (Å²) < 4.78 is 12.1. The first-order chi connectivity index (χ1) is 17.4. The number of likely N-dealkylation sites (N-methyl/N-ethyl adjacent to an activating group) is 1. The maximum Gasteiger partial charge on any atom is 0.257 e. The van der Waals surface area contributed by atoms with E-state index < -0.39 is 0 Å². The summed E-state index contributed by atoms with van der Waals surface area (Å²) in [6.45, 7) is 6.61. The molecule has 0 spiro atoms. The van der Waals surface area contributed by atoms with Crippen molar-refractivity contribution in [2.24, 2.45) is 11.8 Å². The van der Waals surface area contributed by atoms with E-state index in [1.54, 1.807) is 31.2 Å². The summed E-state index contributed by atoms with van der Waals surface area (Å²) in [7, 11) is 3.48. The molecule has 194 valence electrons. The third-order valence-corrected chi connectivity index (χ3v) is 7.41. The average molecular weight is 495 g/mol. The van der Waals surface area contributed by atoms with Gasteiger partial charge in [0.1, 0.15) is 12.4 Å². The molecule has 2 heterocycles. The van der Waals surface area contributed by atoms with Crippen LogP contribution >= 0.6 is 0 Å². The molecule has 0 radical (unpaired) electrons. The maximum absolute atomic E-state index is 13.5. The lowest BCUT2D eigenvalue weighted by Gasteiger charge is -2.36. The van der Waals surface area contributed by atoms with Crippen molar-refractivity contribution in [2.45, 2.75) is 51.8 Å². The molecule has 3 atom stereocenters. The number of aromatic nitrogens is 1. The molecule has 1 N–H and O–H groups in total. The smallest absolute Gasteiger partial charge is 0.257 e. The number of pyridine rings is 1. The van der Waals surface area contributed by atoms with Gasteiger partial charge in [0.05, 0.1) is 17.4 Å². The summed E-state index contributed by atoms with van der Waals surface area (Å²) in [5.74, 6) is 0.611. The standard InChI is InChI=1S/C28H38N4O4/c1-19-15-32(16-23-10-5-6-13-29-23)20(2)18-36-25-12-11-22(30-27(33)21-8-7-9-21)14-24(25)28(34)31(3)17-26(19)35-4/h5-6,10-14,19-21,26H,7-9,15-18H2,1-4H3,(H,30,33)/t19-,20+,26+/m1/s1. The number of fused-ring (bicyclic) bond motifs is 1. The molecule has 1 aromatic heterocycles. The predicted octanol–water partition coefficient (Wildman–Crippen LogP) is 3.83. The molecule has 4 rings (SSSR count). The van der Waals surface area contributed by atoms with Crippen molar-refractivity contribution in [3.63, 3.8) is 0 Å². The van der Waals surface area contributed by atoms with E-state index in [0.717, 1.165) is 31.5 Å². The Morgan fingerprint density at radius 2 is 2.00 bits per heavy atom. The first kappa shape index (κ1) is 26.1. The molecule has 1 fully saturated rings. The van der Waals surface area contributed by atoms with Gasteiger partial charge in [-0.2, -0.15) is 0 Å². The van der Waals surface area contributed by atoms with Gasteiger partial charge in [0.25, 0.3) is 5.91 Å². The molecule has 8 nitrogen and oxygen atoms in total. The molecule has 2 amide bonds. The highest BCUT2D eigenvalue weighted by molar-refractivity contribution is 6.00. The molecule has 0 saturated heterocycles. The van der Waals surface area contributed by atoms with Gasteiger partial charge in [0, 0.05) is 57.6 Å². The molecule has 2 aromatic rings. The number of carbonyl (C=O) groups excluding carboxylic acids is 2. The minimum absolute atomic E-state index is 0.0168. The number of nitrogens with zero attached hydrogens (tertiary/aromatic N) is 3. The molecule has 0 unspecified atom stereocenters. The number of methoxy groups -OCH3 is 1. The topological polar surface area (TPSA) is 84.0 Å². The van der Waals surface area contributed by atoms with Crippen LogP contribution in [0.1, 0.15) is 49.2 Å². The Labute approximate surface area is 214 Å². The van der Waals surface area contributed by atoms with Gasteiger partial charge in [-0.3, -0.25) is 19.5 Å². The number of anilines is 1. The van der Waals surface area contributed by atoms with E-state index in [9.17, 15) is 9.59 Å². The van der Waals surface area contributed by atoms with Crippen LogP contribution in [0.5, 0.6) is 5.75 Å². The van der Waals surface area contributed by atoms with E-state index >= 15 is 0 Å². The van der Waals surface area contributed by atoms with Crippen LogP contribution in [0.2, 0.25) is 0 Å². The quantitative estimate of drug-likeness (QED) is 0.680. The third-order valence-electron chi connectivity index (χ3n) is 7.41. The van der Waals surface area contributed by atoms with Crippen molar-refractivity contribution in [3.05, 3.63) is 53.9 Å². The van der Waals surface area contributed by atoms with Crippen LogP contribution in [0.4, 0.5) is 5.69 Å². The summed E-state index contributed by atoms with van der Waals surface area (Å²) >= 11 is 0. The van der Waals surface area contributed by atoms with Gasteiger partial charge in [-0.25, -0.2) is 0 Å². The van der Waals surface area contributed by atoms with Crippen LogP contribution in [-0.4, -0.2) is 72.6 Å². The fraction of sp³-hybridized carbons (Fsp3) is 0.536. The Balaban J connectivity index is 1.60. The van der Waals surface area contributed by atoms with Crippen LogP contribution in [-0.2, 0) is 16.1 Å². The molecule has 1 aliphatic carbocycles. The fourth-order valence-electron chi connectivity index (χ4n) is 4.76. The number of hydrogen-bond acceptors (Lipinski definition) is 6. The summed E-state index contributed by atoms with van der Waals surface area (Å²) in [6, 6.07) is 11.4. The minimum Gasteiger partial charge on any atom is -0.491 e. The highest BCUT2D eigenvalue weighted by Crippen LogP contribution is 2.30. The molecule has 2 aliphatic rings. The Bertz CT molecular complexity index is 1040. The first-order valence-electron chi connectivity index (χ1n) is 12.9. The van der Waals surface area contributed by atoms with Gasteiger partial charge in [-0.05, 0) is 56.0 Å². The van der Waals surface area contributed by atoms with Crippen molar-refractivity contribution in [1.29, 1.82) is 0 Å². The van der Waals surface area contributed by atoms with Crippen LogP contribution < -0.4 is 10.1 Å². The van der Waals surface area contributed by atoms with Crippen molar-refractivity contribution in [2.75, 3.05) is 39.2 Å². The lowest BCUT2D eigenvalue weighted by atomic mass is 9.85. The molecule has 8 heteroatoms. The highest BCUT2D eigenvalue weighted by atomic mass is 16.5. The zero-order valence-corrected chi connectivity index (χ0v) is 21.8. The molecule has 0 bridgehead atoms. The summed E-state index contributed by atoms with van der Waals surface area (Å²) in [6.07, 6.45) is 4.61. The van der Waals surface area contributed by atoms with E-state index in [-0.39, 0.29) is 35.8 Å². The van der Waals surface area contributed by atoms with Crippen molar-refractivity contribution >= 4 is 17.5 Å². The lowest BCUT2D eigenvalue weighted by molar-refractivity contribution is -0.122. The van der Waals surface area contributed by atoms with Crippen LogP contribution in [0.3, 0.4) is 0 Å². The summed E-state index contributed by atoms with van der Waals surface area (Å²) in [5.41, 5.74) is 2.05. The van der Waals surface area contributed by atoms with E-state index in [0.29, 0.717) is 36.7 Å². The molecule has 1 saturated carbocycles. The molecular weight excluding hydrogens is 456 g/mol. The summed E-state index contributed by atoms with van der Waals surface area (Å²) in [5, 5.41) is 2.98. The van der Waals surface area contributed by atoms with E-state index in [1.165, 1.54) is 0 Å². The largest absolute Gasteiger partial charge is 0.491 e. The molecule has 36 heavy (non-hydrogen) atoms. The average Bonchev–Trinajstić information content (AvgIpc) is 2.84. The second kappa shape index (κ2) is 11.8. The number of carbonyl (C=O) groups is 2. The van der Waals surface area contributed by atoms with Crippen LogP contribution in [0.15, 0.2) is 42.6 Å². The van der Waals surface area contributed by atoms with Gasteiger partial charge in [-0.15, -0.1) is 0 Å². The second-order valence-electron chi connectivity index (χ2n) is 10.2. The Hall–Kier alpha value is -2.97. The number of nitrogens with one attached hydrogen (secondary N) is 1. The number of benzene rings is 1. The predicted molar refractivity (Wildman–Crippen MR) is 139 cm³/mol. The normalized spacial score (nSPS) is 24.1. The molecule has 1 aromatic carbocycles. The number of amides is 2. The van der Waals surface area contributed by atoms with Gasteiger partial charge in [0.15, 0.2) is 0 Å². The lowest BCUT2D eigenvalue weighted by Crippen LogP contribution is -2.46. The van der Waals surface area contributed by atoms with Gasteiger partial charge < -0.3 is 19.7 Å². The van der Waals surface area contributed by atoms with Crippen LogP contribution in [0, 0.1) is 11.8 Å². The summed E-state index contributed by atoms with van der Waals surface area (Å²) in [4.78, 5) is 34.6. The maximum atomic E-state index is 13.5. The van der Waals surface area contributed by atoms with Gasteiger partial charge in [-0.1, -0.05) is 19.4 Å². The van der Waals surface area contributed by atoms with Gasteiger partial charge >= 0.3 is 0 Å². The van der Waals surface area contributed by atoms with Gasteiger partial charge in [0.2, 0.25) is 5.91 Å². The monoisotopic (exact) mass is 494 g/mol.